The van der Waals surface area contributed by atoms with Crippen LogP contribution in [0.4, 0.5) is 0 Å². The molecule has 0 saturated heterocycles. The molecule has 0 aliphatic carbocycles. The molecule has 0 aliphatic rings. The summed E-state index contributed by atoms with van der Waals surface area (Å²) in [6.07, 6.45) is 7.06. The molecule has 1 aromatic rings. The normalized spacial score (nSPS) is 13.4. The molecule has 62 valence electrons. The number of rotatable bonds is 2. The van der Waals surface area contributed by atoms with E-state index in [2.05, 4.69) is 23.5 Å². The third-order valence-corrected chi connectivity index (χ3v) is 1.45. The van der Waals surface area contributed by atoms with Gasteiger partial charge in [0, 0.05) is 7.05 Å². The molecule has 12 heavy (non-hydrogen) atoms. The van der Waals surface area contributed by atoms with Crippen LogP contribution in [0.2, 0.25) is 0 Å². The molecular formula is C9H11N3. The minimum atomic E-state index is 0.812. The predicted molar refractivity (Wildman–Crippen MR) is 49.6 cm³/mol. The van der Waals surface area contributed by atoms with Gasteiger partial charge in [0.05, 0.1) is 5.35 Å². The summed E-state index contributed by atoms with van der Waals surface area (Å²) in [6.45, 7) is 7.21. The fourth-order valence-corrected chi connectivity index (χ4v) is 0.916. The standard InChI is InChI=1S/C9H11N3/c1-4-6-8-9(7-5-2)12(3)11-10-8/h4-7H,1-2H2,3H3/b8-6+,9-7+. The SMILES string of the molecule is C=C/C=c1/nnn(C)/c1=C/C=C. The van der Waals surface area contributed by atoms with Crippen molar-refractivity contribution in [3.05, 3.63) is 36.0 Å². The van der Waals surface area contributed by atoms with Crippen molar-refractivity contribution in [2.24, 2.45) is 7.05 Å². The van der Waals surface area contributed by atoms with Gasteiger partial charge in [-0.05, 0) is 12.2 Å². The number of aryl methyl sites for hydroxylation is 1. The number of hydrogen-bond donors (Lipinski definition) is 0. The highest BCUT2D eigenvalue weighted by atomic mass is 15.4. The van der Waals surface area contributed by atoms with E-state index < -0.39 is 0 Å². The van der Waals surface area contributed by atoms with Crippen molar-refractivity contribution in [2.75, 3.05) is 0 Å². The van der Waals surface area contributed by atoms with Crippen LogP contribution in [0.3, 0.4) is 0 Å². The van der Waals surface area contributed by atoms with Crippen LogP contribution >= 0.6 is 0 Å². The van der Waals surface area contributed by atoms with E-state index in [1.54, 1.807) is 16.8 Å². The van der Waals surface area contributed by atoms with Crippen molar-refractivity contribution < 1.29 is 0 Å². The second kappa shape index (κ2) is 3.67. The maximum atomic E-state index is 3.93. The first kappa shape index (κ1) is 8.46. The number of aromatic nitrogens is 3. The van der Waals surface area contributed by atoms with Gasteiger partial charge in [0.1, 0.15) is 5.35 Å². The van der Waals surface area contributed by atoms with Crippen molar-refractivity contribution in [3.8, 4) is 0 Å². The molecule has 0 bridgehead atoms. The summed E-state index contributed by atoms with van der Waals surface area (Å²) in [5, 5.41) is 9.54. The molecule has 1 aromatic heterocycles. The van der Waals surface area contributed by atoms with Gasteiger partial charge >= 0.3 is 0 Å². The molecule has 0 amide bonds. The van der Waals surface area contributed by atoms with Crippen LogP contribution in [0.25, 0.3) is 12.2 Å². The van der Waals surface area contributed by atoms with Crippen LogP contribution in [0.1, 0.15) is 0 Å². The monoisotopic (exact) mass is 161 g/mol. The highest BCUT2D eigenvalue weighted by molar-refractivity contribution is 5.37. The predicted octanol–water partition coefficient (Wildman–Crippen LogP) is -0.252. The van der Waals surface area contributed by atoms with Crippen LogP contribution < -0.4 is 10.7 Å². The van der Waals surface area contributed by atoms with Gasteiger partial charge in [-0.25, -0.2) is 4.68 Å². The molecule has 0 radical (unpaired) electrons. The maximum absolute atomic E-state index is 3.93. The van der Waals surface area contributed by atoms with Crippen LogP contribution in [-0.4, -0.2) is 15.0 Å². The Hall–Kier alpha value is -1.64. The number of nitrogens with zero attached hydrogens (tertiary/aromatic N) is 3. The quantitative estimate of drug-likeness (QED) is 0.598. The van der Waals surface area contributed by atoms with E-state index in [0.717, 1.165) is 10.7 Å². The Morgan fingerprint density at radius 1 is 1.25 bits per heavy atom. The lowest BCUT2D eigenvalue weighted by Gasteiger charge is -1.82. The third kappa shape index (κ3) is 1.50. The third-order valence-electron chi connectivity index (χ3n) is 1.45. The summed E-state index contributed by atoms with van der Waals surface area (Å²) in [4.78, 5) is 0. The van der Waals surface area contributed by atoms with E-state index in [9.17, 15) is 0 Å². The number of allylic oxidation sites excluding steroid dienone is 2. The first-order chi connectivity index (χ1) is 5.79. The van der Waals surface area contributed by atoms with Gasteiger partial charge in [-0.2, -0.15) is 0 Å². The molecule has 0 aromatic carbocycles. The highest BCUT2D eigenvalue weighted by Crippen LogP contribution is 1.66. The van der Waals surface area contributed by atoms with Crippen LogP contribution in [0, 0.1) is 0 Å². The molecule has 0 N–H and O–H groups in total. The molecule has 3 nitrogen and oxygen atoms in total. The van der Waals surface area contributed by atoms with Crippen molar-refractivity contribution in [2.45, 2.75) is 0 Å². The molecule has 0 aliphatic heterocycles. The molecule has 3 heteroatoms. The van der Waals surface area contributed by atoms with E-state index >= 15 is 0 Å². The average molecular weight is 161 g/mol. The fraction of sp³-hybridized carbons (Fsp3) is 0.111. The lowest BCUT2D eigenvalue weighted by Crippen LogP contribution is -2.28. The Balaban J connectivity index is 3.52. The topological polar surface area (TPSA) is 30.7 Å². The molecule has 0 atom stereocenters. The zero-order valence-corrected chi connectivity index (χ0v) is 7.07. The molecule has 1 heterocycles. The zero-order valence-electron chi connectivity index (χ0n) is 7.07. The Morgan fingerprint density at radius 2 is 1.92 bits per heavy atom. The first-order valence-electron chi connectivity index (χ1n) is 3.60. The molecule has 0 saturated carbocycles. The van der Waals surface area contributed by atoms with E-state index in [1.807, 2.05) is 19.2 Å². The molecule has 0 fully saturated rings. The Morgan fingerprint density at radius 3 is 2.50 bits per heavy atom. The van der Waals surface area contributed by atoms with Gasteiger partial charge in [0.15, 0.2) is 0 Å². The summed E-state index contributed by atoms with van der Waals surface area (Å²) >= 11 is 0. The van der Waals surface area contributed by atoms with Gasteiger partial charge in [-0.15, -0.1) is 5.10 Å². The van der Waals surface area contributed by atoms with Gasteiger partial charge in [0.2, 0.25) is 0 Å². The van der Waals surface area contributed by atoms with Crippen LogP contribution in [-0.2, 0) is 7.05 Å². The van der Waals surface area contributed by atoms with Crippen molar-refractivity contribution in [3.63, 3.8) is 0 Å². The van der Waals surface area contributed by atoms with Crippen molar-refractivity contribution in [1.29, 1.82) is 0 Å². The van der Waals surface area contributed by atoms with E-state index in [4.69, 9.17) is 0 Å². The van der Waals surface area contributed by atoms with Gasteiger partial charge in [-0.3, -0.25) is 0 Å². The smallest absolute Gasteiger partial charge is 0.113 e. The second-order valence-electron chi connectivity index (χ2n) is 2.29. The van der Waals surface area contributed by atoms with Crippen molar-refractivity contribution >= 4 is 12.2 Å². The highest BCUT2D eigenvalue weighted by Gasteiger charge is 1.90. The lowest BCUT2D eigenvalue weighted by atomic mass is 10.4. The second-order valence-corrected chi connectivity index (χ2v) is 2.29. The summed E-state index contributed by atoms with van der Waals surface area (Å²) in [6, 6.07) is 0. The van der Waals surface area contributed by atoms with Crippen LogP contribution in [0.15, 0.2) is 25.3 Å². The average Bonchev–Trinajstić information content (AvgIpc) is 2.37. The fourth-order valence-electron chi connectivity index (χ4n) is 0.916. The summed E-state index contributed by atoms with van der Waals surface area (Å²) < 4.78 is 1.69. The minimum Gasteiger partial charge on any atom is -0.248 e. The zero-order chi connectivity index (χ0) is 8.97. The summed E-state index contributed by atoms with van der Waals surface area (Å²) in [5.41, 5.74) is 0. The Labute approximate surface area is 71.0 Å². The van der Waals surface area contributed by atoms with Crippen LogP contribution in [0.5, 0.6) is 0 Å². The van der Waals surface area contributed by atoms with E-state index in [-0.39, 0.29) is 0 Å². The number of hydrogen-bond acceptors (Lipinski definition) is 2. The molecule has 0 spiro atoms. The minimum absolute atomic E-state index is 0.812. The Bertz CT molecular complexity index is 398. The maximum Gasteiger partial charge on any atom is 0.113 e. The van der Waals surface area contributed by atoms with E-state index in [0.29, 0.717) is 0 Å². The van der Waals surface area contributed by atoms with E-state index in [1.165, 1.54) is 0 Å². The lowest BCUT2D eigenvalue weighted by molar-refractivity contribution is 0.698. The summed E-state index contributed by atoms with van der Waals surface area (Å²) in [5.74, 6) is 0. The molecule has 0 unspecified atom stereocenters. The van der Waals surface area contributed by atoms with Crippen molar-refractivity contribution in [1.82, 2.24) is 15.0 Å². The van der Waals surface area contributed by atoms with Gasteiger partial charge in [-0.1, -0.05) is 30.5 Å². The summed E-state index contributed by atoms with van der Waals surface area (Å²) in [7, 11) is 1.84. The molecule has 1 rings (SSSR count). The Kier molecular flexibility index (Phi) is 2.58. The molecular weight excluding hydrogens is 150 g/mol. The first-order valence-corrected chi connectivity index (χ1v) is 3.60. The van der Waals surface area contributed by atoms with Gasteiger partial charge < -0.3 is 0 Å². The largest absolute Gasteiger partial charge is 0.248 e. The van der Waals surface area contributed by atoms with Gasteiger partial charge in [0.25, 0.3) is 0 Å².